The number of hydrogen-bond acceptors (Lipinski definition) is 4. The lowest BCUT2D eigenvalue weighted by Crippen LogP contribution is -2.30. The Bertz CT molecular complexity index is 788. The third-order valence-corrected chi connectivity index (χ3v) is 5.92. The summed E-state index contributed by atoms with van der Waals surface area (Å²) in [5.74, 6) is 2.86. The van der Waals surface area contributed by atoms with E-state index in [4.69, 9.17) is 9.47 Å². The Kier molecular flexibility index (Phi) is 4.34. The van der Waals surface area contributed by atoms with E-state index in [1.165, 1.54) is 11.1 Å². The smallest absolute Gasteiger partial charge is 0.255 e. The standard InChI is InChI=1S/C20H21NO3S/c1-13(2)14-3-5-15(6-4-14)20-21(9-10-25-20)19(22)16-7-8-17-18(11-16)24-12-23-17/h3-8,11,13,20H,9-10,12H2,1-2H3. The fraction of sp³-hybridized carbons (Fsp3) is 0.350. The number of ether oxygens (including phenoxy) is 2. The Morgan fingerprint density at radius 1 is 1.12 bits per heavy atom. The van der Waals surface area contributed by atoms with Crippen molar-refractivity contribution in [3.05, 3.63) is 59.2 Å². The Labute approximate surface area is 152 Å². The van der Waals surface area contributed by atoms with E-state index in [1.807, 2.05) is 28.8 Å². The fourth-order valence-corrected chi connectivity index (χ4v) is 4.45. The van der Waals surface area contributed by atoms with E-state index < -0.39 is 0 Å². The predicted molar refractivity (Wildman–Crippen MR) is 99.3 cm³/mol. The minimum atomic E-state index is 0.0428. The molecular weight excluding hydrogens is 334 g/mol. The molecule has 0 aromatic heterocycles. The van der Waals surface area contributed by atoms with Gasteiger partial charge in [-0.2, -0.15) is 0 Å². The Morgan fingerprint density at radius 3 is 2.64 bits per heavy atom. The molecule has 5 heteroatoms. The highest BCUT2D eigenvalue weighted by Gasteiger charge is 2.32. The Morgan fingerprint density at radius 2 is 1.88 bits per heavy atom. The molecule has 2 heterocycles. The highest BCUT2D eigenvalue weighted by molar-refractivity contribution is 7.99. The van der Waals surface area contributed by atoms with E-state index in [2.05, 4.69) is 38.1 Å². The van der Waals surface area contributed by atoms with Gasteiger partial charge in [0.2, 0.25) is 6.79 Å². The number of amides is 1. The molecule has 2 aromatic carbocycles. The summed E-state index contributed by atoms with van der Waals surface area (Å²) in [5.41, 5.74) is 3.15. The molecule has 0 N–H and O–H groups in total. The van der Waals surface area contributed by atoms with Crippen LogP contribution < -0.4 is 9.47 Å². The summed E-state index contributed by atoms with van der Waals surface area (Å²) in [6.45, 7) is 5.36. The van der Waals surface area contributed by atoms with Crippen LogP contribution in [0.4, 0.5) is 0 Å². The lowest BCUT2D eigenvalue weighted by atomic mass is 10.0. The molecule has 1 fully saturated rings. The molecule has 0 spiro atoms. The molecule has 0 aliphatic carbocycles. The van der Waals surface area contributed by atoms with Crippen LogP contribution in [0.3, 0.4) is 0 Å². The van der Waals surface area contributed by atoms with Crippen LogP contribution in [0.15, 0.2) is 42.5 Å². The minimum absolute atomic E-state index is 0.0428. The predicted octanol–water partition coefficient (Wildman–Crippen LogP) is 4.43. The van der Waals surface area contributed by atoms with Gasteiger partial charge in [0, 0.05) is 17.9 Å². The van der Waals surface area contributed by atoms with Crippen molar-refractivity contribution in [2.24, 2.45) is 0 Å². The first-order valence-corrected chi connectivity index (χ1v) is 9.60. The van der Waals surface area contributed by atoms with Crippen molar-refractivity contribution >= 4 is 17.7 Å². The maximum absolute atomic E-state index is 13.0. The number of nitrogens with zero attached hydrogens (tertiary/aromatic N) is 1. The second kappa shape index (κ2) is 6.64. The molecule has 1 unspecified atom stereocenters. The van der Waals surface area contributed by atoms with E-state index in [0.717, 1.165) is 12.3 Å². The number of carbonyl (C=O) groups excluding carboxylic acids is 1. The highest BCUT2D eigenvalue weighted by Crippen LogP contribution is 2.40. The molecule has 2 aliphatic heterocycles. The number of rotatable bonds is 3. The van der Waals surface area contributed by atoms with Gasteiger partial charge in [0.15, 0.2) is 11.5 Å². The summed E-state index contributed by atoms with van der Waals surface area (Å²) < 4.78 is 10.7. The SMILES string of the molecule is CC(C)c1ccc(C2SCCN2C(=O)c2ccc3c(c2)OCO3)cc1. The normalized spacial score (nSPS) is 18.8. The zero-order chi connectivity index (χ0) is 17.4. The Balaban J connectivity index is 1.57. The van der Waals surface area contributed by atoms with Crippen LogP contribution in [-0.2, 0) is 0 Å². The molecule has 1 saturated heterocycles. The Hall–Kier alpha value is -2.14. The lowest BCUT2D eigenvalue weighted by molar-refractivity contribution is 0.0760. The van der Waals surface area contributed by atoms with Crippen LogP contribution in [0, 0.1) is 0 Å². The molecule has 0 bridgehead atoms. The molecular formula is C20H21NO3S. The molecule has 4 rings (SSSR count). The van der Waals surface area contributed by atoms with Crippen molar-refractivity contribution in [2.75, 3.05) is 19.1 Å². The molecule has 0 saturated carbocycles. The van der Waals surface area contributed by atoms with Gasteiger partial charge in [-0.05, 0) is 35.2 Å². The topological polar surface area (TPSA) is 38.8 Å². The van der Waals surface area contributed by atoms with Gasteiger partial charge in [0.05, 0.1) is 0 Å². The van der Waals surface area contributed by atoms with Crippen molar-refractivity contribution in [2.45, 2.75) is 25.1 Å². The molecule has 1 atom stereocenters. The number of benzene rings is 2. The largest absolute Gasteiger partial charge is 0.454 e. The van der Waals surface area contributed by atoms with Crippen molar-refractivity contribution in [3.63, 3.8) is 0 Å². The van der Waals surface area contributed by atoms with E-state index in [0.29, 0.717) is 23.0 Å². The van der Waals surface area contributed by atoms with Crippen molar-refractivity contribution < 1.29 is 14.3 Å². The first-order chi connectivity index (χ1) is 12.1. The second-order valence-corrected chi connectivity index (χ2v) is 7.80. The number of thioether (sulfide) groups is 1. The maximum Gasteiger partial charge on any atom is 0.255 e. The molecule has 4 nitrogen and oxygen atoms in total. The molecule has 130 valence electrons. The highest BCUT2D eigenvalue weighted by atomic mass is 32.2. The van der Waals surface area contributed by atoms with Gasteiger partial charge < -0.3 is 14.4 Å². The summed E-state index contributed by atoms with van der Waals surface area (Å²) in [5, 5.41) is 0.0686. The summed E-state index contributed by atoms with van der Waals surface area (Å²) in [6, 6.07) is 14.1. The summed E-state index contributed by atoms with van der Waals surface area (Å²) in [6.07, 6.45) is 0. The summed E-state index contributed by atoms with van der Waals surface area (Å²) in [4.78, 5) is 15.0. The third-order valence-electron chi connectivity index (χ3n) is 4.66. The van der Waals surface area contributed by atoms with Gasteiger partial charge in [-0.15, -0.1) is 11.8 Å². The van der Waals surface area contributed by atoms with Gasteiger partial charge in [-0.1, -0.05) is 38.1 Å². The maximum atomic E-state index is 13.0. The van der Waals surface area contributed by atoms with E-state index >= 15 is 0 Å². The first kappa shape index (κ1) is 16.3. The van der Waals surface area contributed by atoms with E-state index in [1.54, 1.807) is 6.07 Å². The summed E-state index contributed by atoms with van der Waals surface area (Å²) >= 11 is 1.82. The van der Waals surface area contributed by atoms with Gasteiger partial charge >= 0.3 is 0 Å². The minimum Gasteiger partial charge on any atom is -0.454 e. The van der Waals surface area contributed by atoms with Crippen LogP contribution in [0.1, 0.15) is 46.6 Å². The lowest BCUT2D eigenvalue weighted by Gasteiger charge is -2.24. The fourth-order valence-electron chi connectivity index (χ4n) is 3.20. The van der Waals surface area contributed by atoms with Crippen LogP contribution in [0.5, 0.6) is 11.5 Å². The van der Waals surface area contributed by atoms with Gasteiger partial charge in [-0.25, -0.2) is 0 Å². The zero-order valence-corrected chi connectivity index (χ0v) is 15.2. The van der Waals surface area contributed by atoms with Gasteiger partial charge in [0.1, 0.15) is 5.37 Å². The van der Waals surface area contributed by atoms with Crippen LogP contribution in [0.2, 0.25) is 0 Å². The second-order valence-electron chi connectivity index (χ2n) is 6.61. The molecule has 1 amide bonds. The van der Waals surface area contributed by atoms with Gasteiger partial charge in [0.25, 0.3) is 5.91 Å². The molecule has 0 radical (unpaired) electrons. The van der Waals surface area contributed by atoms with Crippen molar-refractivity contribution in [1.29, 1.82) is 0 Å². The van der Waals surface area contributed by atoms with Crippen LogP contribution >= 0.6 is 11.8 Å². The van der Waals surface area contributed by atoms with Crippen LogP contribution in [0.25, 0.3) is 0 Å². The average molecular weight is 355 g/mol. The monoisotopic (exact) mass is 355 g/mol. The van der Waals surface area contributed by atoms with Gasteiger partial charge in [-0.3, -0.25) is 4.79 Å². The summed E-state index contributed by atoms with van der Waals surface area (Å²) in [7, 11) is 0. The number of hydrogen-bond donors (Lipinski definition) is 0. The quantitative estimate of drug-likeness (QED) is 0.817. The van der Waals surface area contributed by atoms with E-state index in [-0.39, 0.29) is 18.1 Å². The van der Waals surface area contributed by atoms with Crippen molar-refractivity contribution in [3.8, 4) is 11.5 Å². The third kappa shape index (κ3) is 3.09. The van der Waals surface area contributed by atoms with Crippen LogP contribution in [-0.4, -0.2) is 29.9 Å². The molecule has 2 aliphatic rings. The number of fused-ring (bicyclic) bond motifs is 1. The molecule has 25 heavy (non-hydrogen) atoms. The van der Waals surface area contributed by atoms with Crippen molar-refractivity contribution in [1.82, 2.24) is 4.90 Å². The molecule has 2 aromatic rings. The number of carbonyl (C=O) groups is 1. The zero-order valence-electron chi connectivity index (χ0n) is 14.4. The average Bonchev–Trinajstić information content (AvgIpc) is 3.29. The van der Waals surface area contributed by atoms with E-state index in [9.17, 15) is 4.79 Å². The first-order valence-electron chi connectivity index (χ1n) is 8.55.